The van der Waals surface area contributed by atoms with E-state index >= 15 is 0 Å². The molecule has 0 aliphatic rings. The predicted molar refractivity (Wildman–Crippen MR) is 56.8 cm³/mol. The highest BCUT2D eigenvalue weighted by atomic mass is 35.5. The van der Waals surface area contributed by atoms with E-state index in [1.54, 1.807) is 24.4 Å². The fourth-order valence-electron chi connectivity index (χ4n) is 1.18. The van der Waals surface area contributed by atoms with E-state index < -0.39 is 0 Å². The molecule has 0 spiro atoms. The van der Waals surface area contributed by atoms with Crippen LogP contribution in [0.4, 0.5) is 0 Å². The van der Waals surface area contributed by atoms with Gasteiger partial charge in [0.1, 0.15) is 5.15 Å². The molecule has 0 radical (unpaired) electrons. The van der Waals surface area contributed by atoms with Gasteiger partial charge in [-0.3, -0.25) is 0 Å². The van der Waals surface area contributed by atoms with Crippen LogP contribution in [0.25, 0.3) is 10.8 Å². The Morgan fingerprint density at radius 1 is 0.923 bits per heavy atom. The summed E-state index contributed by atoms with van der Waals surface area (Å²) in [6, 6.07) is 5.23. The van der Waals surface area contributed by atoms with Gasteiger partial charge in [0, 0.05) is 22.0 Å². The molecule has 0 saturated heterocycles. The van der Waals surface area contributed by atoms with Gasteiger partial charge < -0.3 is 0 Å². The van der Waals surface area contributed by atoms with E-state index in [1.807, 2.05) is 0 Å². The van der Waals surface area contributed by atoms with Crippen LogP contribution in [-0.4, -0.2) is 4.98 Å². The van der Waals surface area contributed by atoms with Crippen molar-refractivity contribution in [2.75, 3.05) is 0 Å². The smallest absolute Gasteiger partial charge is 0.138 e. The summed E-state index contributed by atoms with van der Waals surface area (Å²) in [6.45, 7) is 0. The number of halogens is 3. The number of fused-ring (bicyclic) bond motifs is 1. The largest absolute Gasteiger partial charge is 0.244 e. The lowest BCUT2D eigenvalue weighted by atomic mass is 10.2. The summed E-state index contributed by atoms with van der Waals surface area (Å²) in [5.41, 5.74) is 0. The minimum Gasteiger partial charge on any atom is -0.244 e. The van der Waals surface area contributed by atoms with Gasteiger partial charge in [-0.25, -0.2) is 4.98 Å². The van der Waals surface area contributed by atoms with Gasteiger partial charge in [0.25, 0.3) is 0 Å². The second-order valence-corrected chi connectivity index (χ2v) is 3.73. The molecule has 1 heterocycles. The summed E-state index contributed by atoms with van der Waals surface area (Å²) in [7, 11) is 0. The molecule has 0 N–H and O–H groups in total. The Kier molecular flexibility index (Phi) is 2.33. The lowest BCUT2D eigenvalue weighted by molar-refractivity contribution is 1.36. The Bertz CT molecular complexity index is 459. The van der Waals surface area contributed by atoms with Gasteiger partial charge in [-0.1, -0.05) is 34.8 Å². The molecule has 0 aliphatic heterocycles. The molecule has 4 heteroatoms. The fourth-order valence-corrected chi connectivity index (χ4v) is 1.96. The standard InChI is InChI=1S/C9H4Cl3N/c10-6-1-2-7(11)8-5(6)3-4-13-9(8)12/h1-4H. The molecule has 66 valence electrons. The highest BCUT2D eigenvalue weighted by Crippen LogP contribution is 2.33. The Morgan fingerprint density at radius 3 is 2.31 bits per heavy atom. The molecule has 13 heavy (non-hydrogen) atoms. The maximum Gasteiger partial charge on any atom is 0.138 e. The molecule has 0 bridgehead atoms. The first-order chi connectivity index (χ1) is 6.20. The van der Waals surface area contributed by atoms with Crippen LogP contribution in [0.1, 0.15) is 0 Å². The van der Waals surface area contributed by atoms with Crippen molar-refractivity contribution in [3.63, 3.8) is 0 Å². The Morgan fingerprint density at radius 2 is 1.62 bits per heavy atom. The van der Waals surface area contributed by atoms with Crippen molar-refractivity contribution in [3.05, 3.63) is 39.6 Å². The van der Waals surface area contributed by atoms with Crippen molar-refractivity contribution < 1.29 is 0 Å². The van der Waals surface area contributed by atoms with Crippen molar-refractivity contribution in [3.8, 4) is 0 Å². The SMILES string of the molecule is Clc1ccc(Cl)c2c(Cl)nccc12. The first-order valence-electron chi connectivity index (χ1n) is 3.58. The highest BCUT2D eigenvalue weighted by Gasteiger charge is 2.06. The van der Waals surface area contributed by atoms with Crippen LogP contribution in [0, 0.1) is 0 Å². The molecule has 2 rings (SSSR count). The van der Waals surface area contributed by atoms with Crippen LogP contribution < -0.4 is 0 Å². The van der Waals surface area contributed by atoms with E-state index in [4.69, 9.17) is 34.8 Å². The number of rotatable bonds is 0. The third-order valence-electron chi connectivity index (χ3n) is 1.78. The molecule has 0 aliphatic carbocycles. The number of hydrogen-bond donors (Lipinski definition) is 0. The average molecular weight is 232 g/mol. The zero-order chi connectivity index (χ0) is 9.42. The summed E-state index contributed by atoms with van der Waals surface area (Å²) >= 11 is 17.8. The average Bonchev–Trinajstić information content (AvgIpc) is 2.12. The highest BCUT2D eigenvalue weighted by molar-refractivity contribution is 6.44. The summed E-state index contributed by atoms with van der Waals surface area (Å²) in [5, 5.41) is 3.11. The second-order valence-electron chi connectivity index (χ2n) is 2.55. The van der Waals surface area contributed by atoms with Gasteiger partial charge in [0.15, 0.2) is 0 Å². The van der Waals surface area contributed by atoms with Gasteiger partial charge in [-0.15, -0.1) is 0 Å². The number of nitrogens with zero attached hydrogens (tertiary/aromatic N) is 1. The van der Waals surface area contributed by atoms with Crippen molar-refractivity contribution >= 4 is 45.6 Å². The van der Waals surface area contributed by atoms with E-state index in [-0.39, 0.29) is 0 Å². The van der Waals surface area contributed by atoms with Gasteiger partial charge in [-0.2, -0.15) is 0 Å². The maximum absolute atomic E-state index is 5.96. The summed E-state index contributed by atoms with van der Waals surface area (Å²) < 4.78 is 0. The van der Waals surface area contributed by atoms with Crippen LogP contribution in [0.5, 0.6) is 0 Å². The Labute approximate surface area is 90.2 Å². The van der Waals surface area contributed by atoms with Crippen molar-refractivity contribution in [2.24, 2.45) is 0 Å². The van der Waals surface area contributed by atoms with Crippen molar-refractivity contribution in [2.45, 2.75) is 0 Å². The van der Waals surface area contributed by atoms with Crippen molar-refractivity contribution in [1.29, 1.82) is 0 Å². The van der Waals surface area contributed by atoms with E-state index in [0.29, 0.717) is 20.6 Å². The van der Waals surface area contributed by atoms with Crippen LogP contribution in [-0.2, 0) is 0 Å². The van der Waals surface area contributed by atoms with Gasteiger partial charge in [0.05, 0.1) is 5.02 Å². The van der Waals surface area contributed by atoms with Crippen LogP contribution >= 0.6 is 34.8 Å². The second kappa shape index (κ2) is 3.33. The van der Waals surface area contributed by atoms with Crippen LogP contribution in [0.15, 0.2) is 24.4 Å². The Hall–Kier alpha value is -0.500. The minimum absolute atomic E-state index is 0.380. The third-order valence-corrected chi connectivity index (χ3v) is 2.71. The molecule has 1 aromatic carbocycles. The minimum atomic E-state index is 0.380. The molecular formula is C9H4Cl3N. The van der Waals surface area contributed by atoms with Crippen LogP contribution in [0.2, 0.25) is 15.2 Å². The van der Waals surface area contributed by atoms with Crippen LogP contribution in [0.3, 0.4) is 0 Å². The normalized spacial score (nSPS) is 10.7. The van der Waals surface area contributed by atoms with Gasteiger partial charge >= 0.3 is 0 Å². The quantitative estimate of drug-likeness (QED) is 0.621. The fraction of sp³-hybridized carbons (Fsp3) is 0. The first-order valence-corrected chi connectivity index (χ1v) is 4.72. The molecular weight excluding hydrogens is 228 g/mol. The molecule has 0 amide bonds. The van der Waals surface area contributed by atoms with E-state index in [9.17, 15) is 0 Å². The molecule has 2 aromatic rings. The number of pyridine rings is 1. The zero-order valence-corrected chi connectivity index (χ0v) is 8.66. The molecule has 0 saturated carbocycles. The van der Waals surface area contributed by atoms with E-state index in [1.165, 1.54) is 0 Å². The number of aromatic nitrogens is 1. The Balaban J connectivity index is 3.00. The molecule has 0 unspecified atom stereocenters. The number of benzene rings is 1. The lowest BCUT2D eigenvalue weighted by Gasteiger charge is -2.03. The molecule has 1 nitrogen and oxygen atoms in total. The van der Waals surface area contributed by atoms with Crippen molar-refractivity contribution in [1.82, 2.24) is 4.98 Å². The maximum atomic E-state index is 5.96. The number of hydrogen-bond acceptors (Lipinski definition) is 1. The molecule has 0 atom stereocenters. The van der Waals surface area contributed by atoms with E-state index in [2.05, 4.69) is 4.98 Å². The topological polar surface area (TPSA) is 12.9 Å². The summed E-state index contributed by atoms with van der Waals surface area (Å²) in [4.78, 5) is 3.93. The van der Waals surface area contributed by atoms with Gasteiger partial charge in [-0.05, 0) is 18.2 Å². The summed E-state index contributed by atoms with van der Waals surface area (Å²) in [5.74, 6) is 0. The van der Waals surface area contributed by atoms with Gasteiger partial charge in [0.2, 0.25) is 0 Å². The monoisotopic (exact) mass is 231 g/mol. The lowest BCUT2D eigenvalue weighted by Crippen LogP contribution is -1.80. The van der Waals surface area contributed by atoms with E-state index in [0.717, 1.165) is 5.39 Å². The third kappa shape index (κ3) is 1.48. The summed E-state index contributed by atoms with van der Waals surface area (Å²) in [6.07, 6.45) is 1.60. The molecule has 1 aromatic heterocycles. The predicted octanol–water partition coefficient (Wildman–Crippen LogP) is 4.20. The molecule has 0 fully saturated rings. The first kappa shape index (κ1) is 9.07. The zero-order valence-electron chi connectivity index (χ0n) is 6.39.